The molecular formula is C14H21N3O. The van der Waals surface area contributed by atoms with Gasteiger partial charge in [0, 0.05) is 31.7 Å². The molecule has 0 aromatic heterocycles. The van der Waals surface area contributed by atoms with Gasteiger partial charge < -0.3 is 16.0 Å². The van der Waals surface area contributed by atoms with Crippen molar-refractivity contribution in [2.75, 3.05) is 31.9 Å². The van der Waals surface area contributed by atoms with Crippen molar-refractivity contribution in [3.63, 3.8) is 0 Å². The molecule has 1 aliphatic heterocycles. The van der Waals surface area contributed by atoms with Crippen LogP contribution < -0.4 is 11.1 Å². The van der Waals surface area contributed by atoms with Crippen LogP contribution in [-0.4, -0.2) is 37.0 Å². The van der Waals surface area contributed by atoms with Crippen molar-refractivity contribution in [2.24, 2.45) is 0 Å². The van der Waals surface area contributed by atoms with Gasteiger partial charge in [-0.2, -0.15) is 0 Å². The first-order valence-electron chi connectivity index (χ1n) is 6.58. The normalized spacial score (nSPS) is 16.3. The average Bonchev–Trinajstić information content (AvgIpc) is 2.65. The largest absolute Gasteiger partial charge is 0.399 e. The van der Waals surface area contributed by atoms with E-state index in [1.54, 1.807) is 0 Å². The van der Waals surface area contributed by atoms with Crippen LogP contribution in [-0.2, 0) is 11.2 Å². The van der Waals surface area contributed by atoms with E-state index in [0.29, 0.717) is 6.42 Å². The van der Waals surface area contributed by atoms with Gasteiger partial charge in [-0.05, 0) is 37.1 Å². The van der Waals surface area contributed by atoms with E-state index in [9.17, 15) is 4.79 Å². The maximum Gasteiger partial charge on any atom is 0.222 e. The number of nitrogens with one attached hydrogen (secondary N) is 1. The Labute approximate surface area is 108 Å². The van der Waals surface area contributed by atoms with Crippen LogP contribution in [0.5, 0.6) is 0 Å². The van der Waals surface area contributed by atoms with Crippen LogP contribution in [0.15, 0.2) is 24.3 Å². The second-order valence-corrected chi connectivity index (χ2v) is 4.73. The zero-order valence-corrected chi connectivity index (χ0v) is 10.7. The summed E-state index contributed by atoms with van der Waals surface area (Å²) < 4.78 is 0. The Bertz CT molecular complexity index is 398. The lowest BCUT2D eigenvalue weighted by Gasteiger charge is -2.19. The molecule has 1 fully saturated rings. The fourth-order valence-electron chi connectivity index (χ4n) is 2.25. The molecule has 0 saturated carbocycles. The van der Waals surface area contributed by atoms with Crippen LogP contribution in [0.4, 0.5) is 5.69 Å². The van der Waals surface area contributed by atoms with Gasteiger partial charge in [-0.1, -0.05) is 12.1 Å². The number of nitrogens with zero attached hydrogens (tertiary/aromatic N) is 1. The minimum Gasteiger partial charge on any atom is -0.399 e. The van der Waals surface area contributed by atoms with Crippen LogP contribution in [0, 0.1) is 0 Å². The van der Waals surface area contributed by atoms with Crippen molar-refractivity contribution in [1.29, 1.82) is 0 Å². The summed E-state index contributed by atoms with van der Waals surface area (Å²) in [5.74, 6) is 0.251. The molecule has 1 saturated heterocycles. The molecular weight excluding hydrogens is 226 g/mol. The summed E-state index contributed by atoms with van der Waals surface area (Å²) >= 11 is 0. The summed E-state index contributed by atoms with van der Waals surface area (Å²) in [6.45, 7) is 3.63. The monoisotopic (exact) mass is 247 g/mol. The molecule has 0 atom stereocenters. The van der Waals surface area contributed by atoms with Crippen molar-refractivity contribution in [1.82, 2.24) is 10.2 Å². The topological polar surface area (TPSA) is 58.4 Å². The number of hydrogen-bond donors (Lipinski definition) is 2. The summed E-state index contributed by atoms with van der Waals surface area (Å²) in [7, 11) is 0. The molecule has 4 heteroatoms. The molecule has 18 heavy (non-hydrogen) atoms. The molecule has 0 unspecified atom stereocenters. The Balaban J connectivity index is 1.83. The van der Waals surface area contributed by atoms with Crippen LogP contribution in [0.1, 0.15) is 18.4 Å². The highest BCUT2D eigenvalue weighted by Gasteiger charge is 2.14. The van der Waals surface area contributed by atoms with Crippen molar-refractivity contribution in [3.8, 4) is 0 Å². The van der Waals surface area contributed by atoms with Gasteiger partial charge in [0.05, 0.1) is 0 Å². The highest BCUT2D eigenvalue weighted by atomic mass is 16.2. The van der Waals surface area contributed by atoms with Gasteiger partial charge in [0.25, 0.3) is 0 Å². The van der Waals surface area contributed by atoms with Crippen LogP contribution in [0.25, 0.3) is 0 Å². The zero-order chi connectivity index (χ0) is 12.8. The molecule has 3 N–H and O–H groups in total. The number of amides is 1. The van der Waals surface area contributed by atoms with E-state index in [0.717, 1.165) is 50.3 Å². The SMILES string of the molecule is Nc1cccc(CCC(=O)N2CCCNCC2)c1. The summed E-state index contributed by atoms with van der Waals surface area (Å²) in [5, 5.41) is 3.30. The zero-order valence-electron chi connectivity index (χ0n) is 10.7. The third-order valence-corrected chi connectivity index (χ3v) is 3.27. The second kappa shape index (κ2) is 6.40. The number of nitrogens with two attached hydrogens (primary N) is 1. The summed E-state index contributed by atoms with van der Waals surface area (Å²) in [6, 6.07) is 7.77. The number of nitrogen functional groups attached to an aromatic ring is 1. The van der Waals surface area contributed by atoms with Gasteiger partial charge in [-0.3, -0.25) is 4.79 Å². The maximum absolute atomic E-state index is 12.1. The Hall–Kier alpha value is -1.55. The van der Waals surface area contributed by atoms with E-state index in [-0.39, 0.29) is 5.91 Å². The first-order chi connectivity index (χ1) is 8.75. The minimum absolute atomic E-state index is 0.251. The fourth-order valence-corrected chi connectivity index (χ4v) is 2.25. The van der Waals surface area contributed by atoms with Crippen molar-refractivity contribution in [3.05, 3.63) is 29.8 Å². The molecule has 1 amide bonds. The number of anilines is 1. The van der Waals surface area contributed by atoms with Gasteiger partial charge in [-0.25, -0.2) is 0 Å². The van der Waals surface area contributed by atoms with E-state index in [2.05, 4.69) is 5.32 Å². The van der Waals surface area contributed by atoms with Gasteiger partial charge >= 0.3 is 0 Å². The first-order valence-corrected chi connectivity index (χ1v) is 6.58. The molecule has 4 nitrogen and oxygen atoms in total. The molecule has 1 heterocycles. The molecule has 98 valence electrons. The van der Waals surface area contributed by atoms with Crippen LogP contribution in [0.3, 0.4) is 0 Å². The highest BCUT2D eigenvalue weighted by Crippen LogP contribution is 2.10. The number of aryl methyl sites for hydroxylation is 1. The number of carbonyl (C=O) groups excluding carboxylic acids is 1. The van der Waals surface area contributed by atoms with E-state index in [4.69, 9.17) is 5.73 Å². The smallest absolute Gasteiger partial charge is 0.222 e. The molecule has 1 aromatic carbocycles. The lowest BCUT2D eigenvalue weighted by Crippen LogP contribution is -2.34. The summed E-state index contributed by atoms with van der Waals surface area (Å²) in [5.41, 5.74) is 7.62. The minimum atomic E-state index is 0.251. The number of rotatable bonds is 3. The van der Waals surface area contributed by atoms with E-state index in [1.807, 2.05) is 29.2 Å². The summed E-state index contributed by atoms with van der Waals surface area (Å²) in [6.07, 6.45) is 2.39. The quantitative estimate of drug-likeness (QED) is 0.784. The predicted molar refractivity (Wildman–Crippen MR) is 73.2 cm³/mol. The lowest BCUT2D eigenvalue weighted by atomic mass is 10.1. The van der Waals surface area contributed by atoms with Gasteiger partial charge in [-0.15, -0.1) is 0 Å². The molecule has 0 bridgehead atoms. The van der Waals surface area contributed by atoms with Crippen molar-refractivity contribution in [2.45, 2.75) is 19.3 Å². The van der Waals surface area contributed by atoms with Crippen LogP contribution >= 0.6 is 0 Å². The molecule has 0 aliphatic carbocycles. The molecule has 2 rings (SSSR count). The summed E-state index contributed by atoms with van der Waals surface area (Å²) in [4.78, 5) is 14.0. The fraction of sp³-hybridized carbons (Fsp3) is 0.500. The highest BCUT2D eigenvalue weighted by molar-refractivity contribution is 5.76. The number of carbonyl (C=O) groups is 1. The number of hydrogen-bond acceptors (Lipinski definition) is 3. The second-order valence-electron chi connectivity index (χ2n) is 4.73. The van der Waals surface area contributed by atoms with E-state index in [1.165, 1.54) is 0 Å². The van der Waals surface area contributed by atoms with Crippen molar-refractivity contribution >= 4 is 11.6 Å². The Morgan fingerprint density at radius 2 is 2.22 bits per heavy atom. The average molecular weight is 247 g/mol. The lowest BCUT2D eigenvalue weighted by molar-refractivity contribution is -0.130. The van der Waals surface area contributed by atoms with Gasteiger partial charge in [0.15, 0.2) is 0 Å². The van der Waals surface area contributed by atoms with E-state index >= 15 is 0 Å². The van der Waals surface area contributed by atoms with Crippen LogP contribution in [0.2, 0.25) is 0 Å². The third-order valence-electron chi connectivity index (χ3n) is 3.27. The van der Waals surface area contributed by atoms with Gasteiger partial charge in [0.1, 0.15) is 0 Å². The van der Waals surface area contributed by atoms with Gasteiger partial charge in [0.2, 0.25) is 5.91 Å². The number of benzene rings is 1. The Morgan fingerprint density at radius 1 is 1.33 bits per heavy atom. The Morgan fingerprint density at radius 3 is 3.06 bits per heavy atom. The molecule has 0 radical (unpaired) electrons. The molecule has 1 aliphatic rings. The molecule has 0 spiro atoms. The third kappa shape index (κ3) is 3.74. The predicted octanol–water partition coefficient (Wildman–Crippen LogP) is 1.02. The first kappa shape index (κ1) is 12.9. The Kier molecular flexibility index (Phi) is 4.59. The standard InChI is InChI=1S/C14H21N3O/c15-13-4-1-3-12(11-13)5-6-14(18)17-9-2-7-16-8-10-17/h1,3-4,11,16H,2,5-10,15H2. The van der Waals surface area contributed by atoms with E-state index < -0.39 is 0 Å². The molecule has 1 aromatic rings. The van der Waals surface area contributed by atoms with Crippen molar-refractivity contribution < 1.29 is 4.79 Å². The maximum atomic E-state index is 12.1.